The van der Waals surface area contributed by atoms with Gasteiger partial charge in [-0.3, -0.25) is 4.79 Å². The van der Waals surface area contributed by atoms with Gasteiger partial charge >= 0.3 is 0 Å². The molecule has 0 saturated carbocycles. The van der Waals surface area contributed by atoms with Crippen molar-refractivity contribution in [3.8, 4) is 5.75 Å². The summed E-state index contributed by atoms with van der Waals surface area (Å²) in [6.07, 6.45) is 7.44. The fraction of sp³-hybridized carbons (Fsp3) is 0.261. The molecule has 5 nitrogen and oxygen atoms in total. The van der Waals surface area contributed by atoms with E-state index in [9.17, 15) is 4.79 Å². The summed E-state index contributed by atoms with van der Waals surface area (Å²) in [4.78, 5) is 12.5. The molecule has 1 amide bonds. The second-order valence-electron chi connectivity index (χ2n) is 7.04. The summed E-state index contributed by atoms with van der Waals surface area (Å²) in [6.45, 7) is 1.53. The van der Waals surface area contributed by atoms with E-state index in [1.54, 1.807) is 18.4 Å². The Kier molecular flexibility index (Phi) is 6.00. The van der Waals surface area contributed by atoms with Gasteiger partial charge in [-0.1, -0.05) is 0 Å². The van der Waals surface area contributed by atoms with E-state index < -0.39 is 0 Å². The van der Waals surface area contributed by atoms with Gasteiger partial charge in [0.2, 0.25) is 5.91 Å². The number of nitrogens with one attached hydrogen (secondary N) is 1. The fourth-order valence-corrected chi connectivity index (χ4v) is 4.35. The van der Waals surface area contributed by atoms with Crippen LogP contribution in [0.5, 0.6) is 5.75 Å². The molecule has 0 unspecified atom stereocenters. The Hall–Kier alpha value is -2.99. The van der Waals surface area contributed by atoms with E-state index in [1.807, 2.05) is 36.7 Å². The number of rotatable bonds is 9. The largest absolute Gasteiger partial charge is 0.497 e. The summed E-state index contributed by atoms with van der Waals surface area (Å²) < 4.78 is 9.60. The number of aromatic nitrogens is 2. The Morgan fingerprint density at radius 3 is 2.79 bits per heavy atom. The molecule has 0 aliphatic carbocycles. The first-order chi connectivity index (χ1) is 14.2. The smallest absolute Gasteiger partial charge is 0.222 e. The Morgan fingerprint density at radius 2 is 2.03 bits per heavy atom. The van der Waals surface area contributed by atoms with Crippen LogP contribution in [-0.2, 0) is 11.3 Å². The Balaban J connectivity index is 1.30. The predicted molar refractivity (Wildman–Crippen MR) is 118 cm³/mol. The minimum Gasteiger partial charge on any atom is -0.497 e. The third kappa shape index (κ3) is 4.54. The maximum Gasteiger partial charge on any atom is 0.222 e. The van der Waals surface area contributed by atoms with E-state index in [2.05, 4.69) is 49.6 Å². The number of aryl methyl sites for hydroxylation is 1. The van der Waals surface area contributed by atoms with Crippen molar-refractivity contribution in [1.29, 1.82) is 0 Å². The fourth-order valence-electron chi connectivity index (χ4n) is 3.64. The van der Waals surface area contributed by atoms with Crippen molar-refractivity contribution in [2.45, 2.75) is 25.4 Å². The highest BCUT2D eigenvalue weighted by Crippen LogP contribution is 2.24. The molecule has 4 rings (SSSR count). The summed E-state index contributed by atoms with van der Waals surface area (Å²) in [5.74, 6) is 0.947. The summed E-state index contributed by atoms with van der Waals surface area (Å²) in [7, 11) is 1.68. The summed E-state index contributed by atoms with van der Waals surface area (Å²) in [6, 6.07) is 14.3. The number of fused-ring (bicyclic) bond motifs is 1. The summed E-state index contributed by atoms with van der Waals surface area (Å²) >= 11 is 1.66. The minimum absolute atomic E-state index is 0.0413. The first-order valence-electron chi connectivity index (χ1n) is 9.79. The van der Waals surface area contributed by atoms with Crippen molar-refractivity contribution in [1.82, 2.24) is 14.5 Å². The van der Waals surface area contributed by atoms with Crippen molar-refractivity contribution in [2.24, 2.45) is 0 Å². The number of carbonyl (C=O) groups excluding carboxylic acids is 1. The zero-order chi connectivity index (χ0) is 20.1. The Labute approximate surface area is 174 Å². The lowest BCUT2D eigenvalue weighted by atomic mass is 10.1. The van der Waals surface area contributed by atoms with Crippen LogP contribution in [0.25, 0.3) is 10.9 Å². The second-order valence-corrected chi connectivity index (χ2v) is 7.82. The molecule has 1 aromatic carbocycles. The van der Waals surface area contributed by atoms with Gasteiger partial charge in [0.1, 0.15) is 5.75 Å². The number of hydrogen-bond acceptors (Lipinski definition) is 3. The highest BCUT2D eigenvalue weighted by Gasteiger charge is 2.17. The molecule has 0 fully saturated rings. The molecule has 3 aromatic heterocycles. The van der Waals surface area contributed by atoms with Crippen molar-refractivity contribution in [3.05, 3.63) is 77.4 Å². The molecule has 150 valence electrons. The van der Waals surface area contributed by atoms with Crippen LogP contribution in [0.1, 0.15) is 24.4 Å². The molecule has 0 radical (unpaired) electrons. The molecule has 29 heavy (non-hydrogen) atoms. The topological polar surface area (TPSA) is 48.2 Å². The van der Waals surface area contributed by atoms with Crippen molar-refractivity contribution in [2.75, 3.05) is 13.7 Å². The van der Waals surface area contributed by atoms with Gasteiger partial charge in [-0.05, 0) is 65.2 Å². The minimum atomic E-state index is 0.0413. The van der Waals surface area contributed by atoms with Gasteiger partial charge in [0.05, 0.1) is 19.6 Å². The lowest BCUT2D eigenvalue weighted by Crippen LogP contribution is -2.28. The van der Waals surface area contributed by atoms with Gasteiger partial charge in [0.25, 0.3) is 0 Å². The van der Waals surface area contributed by atoms with E-state index in [1.165, 1.54) is 16.5 Å². The molecule has 3 heterocycles. The third-order valence-electron chi connectivity index (χ3n) is 5.17. The molecule has 0 saturated heterocycles. The Morgan fingerprint density at radius 1 is 1.17 bits per heavy atom. The number of carbonyl (C=O) groups is 1. The second kappa shape index (κ2) is 9.01. The van der Waals surface area contributed by atoms with Crippen LogP contribution in [0, 0.1) is 0 Å². The molecule has 0 spiro atoms. The summed E-state index contributed by atoms with van der Waals surface area (Å²) in [5.41, 5.74) is 2.36. The number of amides is 1. The van der Waals surface area contributed by atoms with Crippen molar-refractivity contribution in [3.63, 3.8) is 0 Å². The van der Waals surface area contributed by atoms with E-state index in [4.69, 9.17) is 4.74 Å². The van der Waals surface area contributed by atoms with Crippen LogP contribution in [0.15, 0.2) is 71.8 Å². The van der Waals surface area contributed by atoms with Gasteiger partial charge in [-0.2, -0.15) is 11.3 Å². The first-order valence-corrected chi connectivity index (χ1v) is 10.7. The Bertz CT molecular complexity index is 1020. The van der Waals surface area contributed by atoms with E-state index in [-0.39, 0.29) is 11.9 Å². The number of ether oxygens (including phenoxy) is 1. The van der Waals surface area contributed by atoms with Gasteiger partial charge in [-0.15, -0.1) is 0 Å². The third-order valence-corrected chi connectivity index (χ3v) is 5.87. The molecule has 6 heteroatoms. The van der Waals surface area contributed by atoms with Gasteiger partial charge in [0.15, 0.2) is 0 Å². The standard InChI is InChI=1S/C23H25N3O2S/c1-28-20-5-6-21-18(15-20)7-13-26(21)12-4-9-24-23(27)16-22(19-8-14-29-17-19)25-10-2-3-11-25/h2-3,5-8,10-11,13-15,17,22H,4,9,12,16H2,1H3,(H,24,27)/t22-/m1/s1. The number of hydrogen-bond donors (Lipinski definition) is 1. The van der Waals surface area contributed by atoms with E-state index in [0.29, 0.717) is 13.0 Å². The van der Waals surface area contributed by atoms with Crippen LogP contribution in [-0.4, -0.2) is 28.7 Å². The quantitative estimate of drug-likeness (QED) is 0.409. The number of benzene rings is 1. The number of methoxy groups -OCH3 is 1. The zero-order valence-electron chi connectivity index (χ0n) is 16.5. The maximum absolute atomic E-state index is 12.5. The normalized spacial score (nSPS) is 12.2. The molecule has 1 N–H and O–H groups in total. The molecular formula is C23H25N3O2S. The molecule has 0 aliphatic heterocycles. The number of nitrogens with zero attached hydrogens (tertiary/aromatic N) is 2. The van der Waals surface area contributed by atoms with Crippen LogP contribution in [0.3, 0.4) is 0 Å². The molecular weight excluding hydrogens is 382 g/mol. The SMILES string of the molecule is COc1ccc2c(ccn2CCCNC(=O)C[C@H](c2ccsc2)n2cccc2)c1. The lowest BCUT2D eigenvalue weighted by molar-refractivity contribution is -0.121. The van der Waals surface area contributed by atoms with Crippen LogP contribution in [0.4, 0.5) is 0 Å². The predicted octanol–water partition coefficient (Wildman–Crippen LogP) is 4.70. The molecule has 0 aliphatic rings. The van der Waals surface area contributed by atoms with Gasteiger partial charge < -0.3 is 19.2 Å². The number of thiophene rings is 1. The van der Waals surface area contributed by atoms with E-state index >= 15 is 0 Å². The van der Waals surface area contributed by atoms with Crippen molar-refractivity contribution < 1.29 is 9.53 Å². The van der Waals surface area contributed by atoms with Crippen LogP contribution >= 0.6 is 11.3 Å². The zero-order valence-corrected chi connectivity index (χ0v) is 17.3. The van der Waals surface area contributed by atoms with E-state index in [0.717, 1.165) is 18.7 Å². The highest BCUT2D eigenvalue weighted by atomic mass is 32.1. The van der Waals surface area contributed by atoms with Crippen molar-refractivity contribution >= 4 is 28.1 Å². The van der Waals surface area contributed by atoms with Gasteiger partial charge in [-0.25, -0.2) is 0 Å². The van der Waals surface area contributed by atoms with Crippen LogP contribution in [0.2, 0.25) is 0 Å². The molecule has 1 atom stereocenters. The van der Waals surface area contributed by atoms with Gasteiger partial charge in [0, 0.05) is 42.6 Å². The average molecular weight is 408 g/mol. The average Bonchev–Trinajstić information content (AvgIpc) is 3.51. The first kappa shape index (κ1) is 19.3. The molecule has 0 bridgehead atoms. The maximum atomic E-state index is 12.5. The summed E-state index contributed by atoms with van der Waals surface area (Å²) in [5, 5.41) is 8.42. The highest BCUT2D eigenvalue weighted by molar-refractivity contribution is 7.08. The lowest BCUT2D eigenvalue weighted by Gasteiger charge is -2.18. The monoisotopic (exact) mass is 407 g/mol. The molecule has 4 aromatic rings. The van der Waals surface area contributed by atoms with Crippen LogP contribution < -0.4 is 10.1 Å².